The molecule has 1 heterocycles. The highest BCUT2D eigenvalue weighted by Gasteiger charge is 2.27. The monoisotopic (exact) mass is 301 g/mol. The molecule has 0 fully saturated rings. The van der Waals surface area contributed by atoms with E-state index < -0.39 is 0 Å². The Labute approximate surface area is 131 Å². The van der Waals surface area contributed by atoms with Gasteiger partial charge in [0.25, 0.3) is 0 Å². The van der Waals surface area contributed by atoms with Gasteiger partial charge >= 0.3 is 0 Å². The van der Waals surface area contributed by atoms with Crippen LogP contribution in [-0.2, 0) is 17.6 Å². The summed E-state index contributed by atoms with van der Waals surface area (Å²) in [5.74, 6) is 0. The Kier molecular flexibility index (Phi) is 4.59. The Morgan fingerprint density at radius 3 is 2.90 bits per heavy atom. The summed E-state index contributed by atoms with van der Waals surface area (Å²) < 4.78 is 6.06. The first-order valence-electron chi connectivity index (χ1n) is 7.39. The van der Waals surface area contributed by atoms with Crippen molar-refractivity contribution in [2.45, 2.75) is 25.0 Å². The zero-order valence-corrected chi connectivity index (χ0v) is 12.9. The van der Waals surface area contributed by atoms with Crippen molar-refractivity contribution in [2.75, 3.05) is 13.7 Å². The zero-order chi connectivity index (χ0) is 14.7. The maximum atomic E-state index is 6.09. The van der Waals surface area contributed by atoms with Gasteiger partial charge < -0.3 is 10.1 Å². The Balaban J connectivity index is 1.84. The molecule has 2 nitrogen and oxygen atoms in total. The molecule has 0 spiro atoms. The van der Waals surface area contributed by atoms with Crippen LogP contribution >= 0.6 is 11.6 Å². The molecule has 2 aromatic rings. The second kappa shape index (κ2) is 6.61. The zero-order valence-electron chi connectivity index (χ0n) is 12.2. The lowest BCUT2D eigenvalue weighted by Crippen LogP contribution is -2.38. The number of fused-ring (bicyclic) bond motifs is 1. The van der Waals surface area contributed by atoms with Gasteiger partial charge in [0, 0.05) is 11.1 Å². The summed E-state index contributed by atoms with van der Waals surface area (Å²) in [5, 5.41) is 4.20. The van der Waals surface area contributed by atoms with Crippen LogP contribution < -0.4 is 5.32 Å². The molecule has 1 aliphatic rings. The molecule has 0 aromatic heterocycles. The molecule has 0 amide bonds. The fourth-order valence-electron chi connectivity index (χ4n) is 3.04. The van der Waals surface area contributed by atoms with Gasteiger partial charge in [0.05, 0.1) is 12.7 Å². The molecule has 1 aliphatic heterocycles. The Morgan fingerprint density at radius 2 is 2.10 bits per heavy atom. The van der Waals surface area contributed by atoms with Crippen molar-refractivity contribution >= 4 is 11.6 Å². The van der Waals surface area contributed by atoms with E-state index in [1.54, 1.807) is 0 Å². The van der Waals surface area contributed by atoms with Crippen molar-refractivity contribution < 1.29 is 4.74 Å². The van der Waals surface area contributed by atoms with Crippen molar-refractivity contribution in [2.24, 2.45) is 0 Å². The summed E-state index contributed by atoms with van der Waals surface area (Å²) in [5.41, 5.74) is 3.94. The maximum absolute atomic E-state index is 6.09. The number of hydrogen-bond donors (Lipinski definition) is 1. The summed E-state index contributed by atoms with van der Waals surface area (Å²) in [6.07, 6.45) is 2.00. The summed E-state index contributed by atoms with van der Waals surface area (Å²) in [6.45, 7) is 0.787. The van der Waals surface area contributed by atoms with E-state index in [-0.39, 0.29) is 12.1 Å². The number of rotatable bonds is 4. The smallest absolute Gasteiger partial charge is 0.0983 e. The molecule has 0 saturated heterocycles. The lowest BCUT2D eigenvalue weighted by Gasteiger charge is -2.32. The minimum Gasteiger partial charge on any atom is -0.372 e. The molecule has 0 saturated carbocycles. The van der Waals surface area contributed by atoms with E-state index in [4.69, 9.17) is 16.3 Å². The van der Waals surface area contributed by atoms with Gasteiger partial charge in [0.2, 0.25) is 0 Å². The van der Waals surface area contributed by atoms with Crippen LogP contribution in [-0.4, -0.2) is 19.7 Å². The first-order chi connectivity index (χ1) is 10.3. The third-order valence-corrected chi connectivity index (χ3v) is 4.35. The molecule has 2 aromatic carbocycles. The largest absolute Gasteiger partial charge is 0.372 e. The molecule has 110 valence electrons. The average molecular weight is 302 g/mol. The predicted molar refractivity (Wildman–Crippen MR) is 86.8 cm³/mol. The summed E-state index contributed by atoms with van der Waals surface area (Å²) in [6, 6.07) is 16.9. The topological polar surface area (TPSA) is 21.3 Å². The van der Waals surface area contributed by atoms with Gasteiger partial charge in [-0.25, -0.2) is 0 Å². The highest BCUT2D eigenvalue weighted by atomic mass is 35.5. The molecule has 2 unspecified atom stereocenters. The van der Waals surface area contributed by atoms with Crippen molar-refractivity contribution in [1.82, 2.24) is 5.32 Å². The molecule has 0 radical (unpaired) electrons. The molecule has 3 heteroatoms. The fourth-order valence-corrected chi connectivity index (χ4v) is 3.25. The average Bonchev–Trinajstić information content (AvgIpc) is 2.52. The van der Waals surface area contributed by atoms with Gasteiger partial charge in [-0.1, -0.05) is 48.0 Å². The van der Waals surface area contributed by atoms with Crippen LogP contribution in [0.15, 0.2) is 48.5 Å². The van der Waals surface area contributed by atoms with Crippen LogP contribution in [0.3, 0.4) is 0 Å². The molecule has 1 N–H and O–H groups in total. The van der Waals surface area contributed by atoms with Crippen LogP contribution in [0.25, 0.3) is 0 Å². The third-order valence-electron chi connectivity index (χ3n) is 4.11. The Morgan fingerprint density at radius 1 is 1.24 bits per heavy atom. The number of benzene rings is 2. The standard InChI is InChI=1S/C18H20ClNO/c1-20-17(12-13-5-4-7-15(19)11-13)18-16-8-3-2-6-14(16)9-10-21-18/h2-8,11,17-18,20H,9-10,12H2,1H3. The van der Waals surface area contributed by atoms with Crippen LogP contribution in [0.5, 0.6) is 0 Å². The molecule has 0 aliphatic carbocycles. The van der Waals surface area contributed by atoms with Crippen molar-refractivity contribution in [3.05, 3.63) is 70.2 Å². The highest BCUT2D eigenvalue weighted by molar-refractivity contribution is 6.30. The normalized spacial score (nSPS) is 19.0. The van der Waals surface area contributed by atoms with Crippen LogP contribution in [0.1, 0.15) is 22.8 Å². The van der Waals surface area contributed by atoms with E-state index >= 15 is 0 Å². The Bertz CT molecular complexity index is 614. The van der Waals surface area contributed by atoms with Gasteiger partial charge in [-0.05, 0) is 48.7 Å². The number of hydrogen-bond acceptors (Lipinski definition) is 2. The molecule has 0 bridgehead atoms. The first kappa shape index (κ1) is 14.6. The number of halogens is 1. The third kappa shape index (κ3) is 3.29. The van der Waals surface area contributed by atoms with E-state index in [9.17, 15) is 0 Å². The van der Waals surface area contributed by atoms with Crippen molar-refractivity contribution in [3.8, 4) is 0 Å². The van der Waals surface area contributed by atoms with Gasteiger partial charge in [-0.3, -0.25) is 0 Å². The predicted octanol–water partition coefficient (Wildman–Crippen LogP) is 3.78. The van der Waals surface area contributed by atoms with E-state index in [0.29, 0.717) is 0 Å². The molecule has 3 rings (SSSR count). The SMILES string of the molecule is CNC(Cc1cccc(Cl)c1)C1OCCc2ccccc21. The van der Waals surface area contributed by atoms with Crippen LogP contribution in [0, 0.1) is 0 Å². The number of likely N-dealkylation sites (N-methyl/N-ethyl adjacent to an activating group) is 1. The highest BCUT2D eigenvalue weighted by Crippen LogP contribution is 2.31. The minimum absolute atomic E-state index is 0.0962. The number of nitrogens with one attached hydrogen (secondary N) is 1. The van der Waals surface area contributed by atoms with E-state index in [1.807, 2.05) is 25.2 Å². The number of ether oxygens (including phenoxy) is 1. The van der Waals surface area contributed by atoms with Gasteiger partial charge in [0.1, 0.15) is 0 Å². The van der Waals surface area contributed by atoms with E-state index in [1.165, 1.54) is 16.7 Å². The summed E-state index contributed by atoms with van der Waals surface area (Å²) in [7, 11) is 2.00. The van der Waals surface area contributed by atoms with Crippen LogP contribution in [0.2, 0.25) is 5.02 Å². The lowest BCUT2D eigenvalue weighted by molar-refractivity contribution is 0.0172. The molecule has 21 heavy (non-hydrogen) atoms. The summed E-state index contributed by atoms with van der Waals surface area (Å²) in [4.78, 5) is 0. The summed E-state index contributed by atoms with van der Waals surface area (Å²) >= 11 is 6.09. The van der Waals surface area contributed by atoms with Gasteiger partial charge in [0.15, 0.2) is 0 Å². The van der Waals surface area contributed by atoms with Gasteiger partial charge in [-0.2, -0.15) is 0 Å². The second-order valence-electron chi connectivity index (χ2n) is 5.47. The molecular formula is C18H20ClNO. The van der Waals surface area contributed by atoms with Crippen LogP contribution in [0.4, 0.5) is 0 Å². The maximum Gasteiger partial charge on any atom is 0.0983 e. The van der Waals surface area contributed by atoms with Crippen molar-refractivity contribution in [1.29, 1.82) is 0 Å². The fraction of sp³-hybridized carbons (Fsp3) is 0.333. The van der Waals surface area contributed by atoms with Crippen molar-refractivity contribution in [3.63, 3.8) is 0 Å². The minimum atomic E-state index is 0.0962. The quantitative estimate of drug-likeness (QED) is 0.928. The Hall–Kier alpha value is -1.35. The molecular weight excluding hydrogens is 282 g/mol. The van der Waals surface area contributed by atoms with E-state index in [0.717, 1.165) is 24.5 Å². The lowest BCUT2D eigenvalue weighted by atomic mass is 9.90. The van der Waals surface area contributed by atoms with E-state index in [2.05, 4.69) is 35.6 Å². The first-order valence-corrected chi connectivity index (χ1v) is 7.77. The second-order valence-corrected chi connectivity index (χ2v) is 5.91. The van der Waals surface area contributed by atoms with Gasteiger partial charge in [-0.15, -0.1) is 0 Å². The molecule has 2 atom stereocenters.